The summed E-state index contributed by atoms with van der Waals surface area (Å²) in [6, 6.07) is 15.8. The van der Waals surface area contributed by atoms with Crippen LogP contribution in [0.5, 0.6) is 11.5 Å². The standard InChI is InChI=1S/C20H25BrN2O3/c1-25-20-9-5-3-7-18(20)23-12-10-22(11-13-23)14-16(24)15-26-19-8-4-2-6-17(19)21/h2-9,16,24H,10-15H2,1H3. The van der Waals surface area contributed by atoms with Crippen LogP contribution in [0.2, 0.25) is 0 Å². The van der Waals surface area contributed by atoms with E-state index in [9.17, 15) is 5.11 Å². The fraction of sp³-hybridized carbons (Fsp3) is 0.400. The second-order valence-electron chi connectivity index (χ2n) is 6.35. The van der Waals surface area contributed by atoms with E-state index in [-0.39, 0.29) is 6.61 Å². The van der Waals surface area contributed by atoms with Crippen molar-refractivity contribution in [2.24, 2.45) is 0 Å². The van der Waals surface area contributed by atoms with Crippen molar-refractivity contribution in [2.45, 2.75) is 6.10 Å². The number of nitrogens with zero attached hydrogens (tertiary/aromatic N) is 2. The van der Waals surface area contributed by atoms with E-state index >= 15 is 0 Å². The number of β-amino-alcohol motifs (C(OH)–C–C–N with tert-alkyl or cyclic N) is 1. The van der Waals surface area contributed by atoms with Crippen molar-refractivity contribution in [1.82, 2.24) is 4.90 Å². The molecule has 0 bridgehead atoms. The van der Waals surface area contributed by atoms with Crippen LogP contribution in [0.15, 0.2) is 53.0 Å². The molecule has 26 heavy (non-hydrogen) atoms. The van der Waals surface area contributed by atoms with Gasteiger partial charge in [-0.05, 0) is 40.2 Å². The zero-order valence-corrected chi connectivity index (χ0v) is 16.6. The number of ether oxygens (including phenoxy) is 2. The Hall–Kier alpha value is -1.76. The van der Waals surface area contributed by atoms with Crippen molar-refractivity contribution in [3.05, 3.63) is 53.0 Å². The Bertz CT molecular complexity index is 705. The first kappa shape index (κ1) is 19.0. The monoisotopic (exact) mass is 420 g/mol. The van der Waals surface area contributed by atoms with Crippen LogP contribution in [0.25, 0.3) is 0 Å². The minimum absolute atomic E-state index is 0.287. The number of halogens is 1. The molecule has 3 rings (SSSR count). The van der Waals surface area contributed by atoms with Gasteiger partial charge in [0.05, 0.1) is 17.3 Å². The van der Waals surface area contributed by atoms with Crippen LogP contribution in [0.1, 0.15) is 0 Å². The average Bonchev–Trinajstić information content (AvgIpc) is 2.68. The van der Waals surface area contributed by atoms with Gasteiger partial charge in [-0.15, -0.1) is 0 Å². The molecule has 2 aromatic carbocycles. The number of aliphatic hydroxyl groups excluding tert-OH is 1. The Balaban J connectivity index is 1.45. The Morgan fingerprint density at radius 2 is 1.65 bits per heavy atom. The highest BCUT2D eigenvalue weighted by Gasteiger charge is 2.21. The molecule has 0 spiro atoms. The van der Waals surface area contributed by atoms with Crippen LogP contribution in [0, 0.1) is 0 Å². The van der Waals surface area contributed by atoms with Gasteiger partial charge in [0.15, 0.2) is 0 Å². The summed E-state index contributed by atoms with van der Waals surface area (Å²) in [5.41, 5.74) is 1.13. The van der Waals surface area contributed by atoms with Gasteiger partial charge in [0.25, 0.3) is 0 Å². The maximum atomic E-state index is 10.3. The first-order valence-electron chi connectivity index (χ1n) is 8.83. The van der Waals surface area contributed by atoms with Gasteiger partial charge in [-0.2, -0.15) is 0 Å². The minimum atomic E-state index is -0.514. The molecule has 0 aromatic heterocycles. The Morgan fingerprint density at radius 1 is 1.00 bits per heavy atom. The van der Waals surface area contributed by atoms with Gasteiger partial charge in [0.1, 0.15) is 24.2 Å². The highest BCUT2D eigenvalue weighted by atomic mass is 79.9. The number of hydrogen-bond donors (Lipinski definition) is 1. The lowest BCUT2D eigenvalue weighted by Crippen LogP contribution is -2.49. The van der Waals surface area contributed by atoms with Crippen molar-refractivity contribution >= 4 is 21.6 Å². The predicted molar refractivity (Wildman–Crippen MR) is 107 cm³/mol. The predicted octanol–water partition coefficient (Wildman–Crippen LogP) is 3.02. The van der Waals surface area contributed by atoms with Crippen molar-refractivity contribution < 1.29 is 14.6 Å². The van der Waals surface area contributed by atoms with Gasteiger partial charge in [0.2, 0.25) is 0 Å². The van der Waals surface area contributed by atoms with E-state index in [1.807, 2.05) is 42.5 Å². The zero-order valence-electron chi connectivity index (χ0n) is 15.0. The summed E-state index contributed by atoms with van der Waals surface area (Å²) >= 11 is 3.45. The van der Waals surface area contributed by atoms with Crippen molar-refractivity contribution in [3.63, 3.8) is 0 Å². The maximum absolute atomic E-state index is 10.3. The molecule has 0 saturated carbocycles. The van der Waals surface area contributed by atoms with Gasteiger partial charge < -0.3 is 19.5 Å². The summed E-state index contributed by atoms with van der Waals surface area (Å²) in [5.74, 6) is 1.66. The summed E-state index contributed by atoms with van der Waals surface area (Å²) in [5, 5.41) is 10.3. The van der Waals surface area contributed by atoms with E-state index < -0.39 is 6.10 Å². The first-order chi connectivity index (χ1) is 12.7. The third kappa shape index (κ3) is 4.90. The van der Waals surface area contributed by atoms with Crippen LogP contribution in [0.4, 0.5) is 5.69 Å². The van der Waals surface area contributed by atoms with Crippen molar-refractivity contribution in [3.8, 4) is 11.5 Å². The smallest absolute Gasteiger partial charge is 0.142 e. The van der Waals surface area contributed by atoms with Gasteiger partial charge >= 0.3 is 0 Å². The quantitative estimate of drug-likeness (QED) is 0.745. The number of piperazine rings is 1. The molecule has 0 amide bonds. The number of rotatable bonds is 7. The number of aliphatic hydroxyl groups is 1. The third-order valence-corrected chi connectivity index (χ3v) is 5.19. The minimum Gasteiger partial charge on any atom is -0.495 e. The van der Waals surface area contributed by atoms with Gasteiger partial charge in [-0.3, -0.25) is 4.90 Å². The number of benzene rings is 2. The van der Waals surface area contributed by atoms with E-state index in [4.69, 9.17) is 9.47 Å². The molecule has 1 aliphatic heterocycles. The zero-order chi connectivity index (χ0) is 18.4. The molecular weight excluding hydrogens is 396 g/mol. The summed E-state index contributed by atoms with van der Waals surface area (Å²) in [4.78, 5) is 4.61. The van der Waals surface area contributed by atoms with Crippen molar-refractivity contribution in [1.29, 1.82) is 0 Å². The molecule has 0 radical (unpaired) electrons. The molecule has 0 aliphatic carbocycles. The first-order valence-corrected chi connectivity index (χ1v) is 9.62. The summed E-state index contributed by atoms with van der Waals surface area (Å²) in [6.45, 7) is 4.55. The molecular formula is C20H25BrN2O3. The van der Waals surface area contributed by atoms with Crippen LogP contribution in [-0.2, 0) is 0 Å². The topological polar surface area (TPSA) is 45.2 Å². The van der Waals surface area contributed by atoms with E-state index in [1.54, 1.807) is 7.11 Å². The Kier molecular flexibility index (Phi) is 6.77. The average molecular weight is 421 g/mol. The van der Waals surface area contributed by atoms with E-state index in [0.717, 1.165) is 47.8 Å². The van der Waals surface area contributed by atoms with Gasteiger partial charge in [-0.25, -0.2) is 0 Å². The molecule has 1 fully saturated rings. The SMILES string of the molecule is COc1ccccc1N1CCN(CC(O)COc2ccccc2Br)CC1. The lowest BCUT2D eigenvalue weighted by atomic mass is 10.2. The normalized spacial score (nSPS) is 16.3. The number of anilines is 1. The molecule has 1 saturated heterocycles. The largest absolute Gasteiger partial charge is 0.495 e. The van der Waals surface area contributed by atoms with Gasteiger partial charge in [0, 0.05) is 32.7 Å². The van der Waals surface area contributed by atoms with Crippen molar-refractivity contribution in [2.75, 3.05) is 51.3 Å². The molecule has 1 N–H and O–H groups in total. The van der Waals surface area contributed by atoms with Crippen LogP contribution in [-0.4, -0.2) is 62.6 Å². The lowest BCUT2D eigenvalue weighted by molar-refractivity contribution is 0.0660. The molecule has 1 atom stereocenters. The summed E-state index contributed by atoms with van der Waals surface area (Å²) < 4.78 is 12.1. The number of methoxy groups -OCH3 is 1. The maximum Gasteiger partial charge on any atom is 0.142 e. The lowest BCUT2D eigenvalue weighted by Gasteiger charge is -2.37. The Morgan fingerprint density at radius 3 is 2.35 bits per heavy atom. The summed E-state index contributed by atoms with van der Waals surface area (Å²) in [6.07, 6.45) is -0.514. The van der Waals surface area contributed by atoms with E-state index in [2.05, 4.69) is 31.8 Å². The fourth-order valence-electron chi connectivity index (χ4n) is 3.16. The van der Waals surface area contributed by atoms with E-state index in [1.165, 1.54) is 0 Å². The van der Waals surface area contributed by atoms with E-state index in [0.29, 0.717) is 6.54 Å². The molecule has 1 unspecified atom stereocenters. The number of para-hydroxylation sites is 3. The molecule has 2 aromatic rings. The molecule has 1 heterocycles. The van der Waals surface area contributed by atoms with Gasteiger partial charge in [-0.1, -0.05) is 24.3 Å². The summed E-state index contributed by atoms with van der Waals surface area (Å²) in [7, 11) is 1.70. The van der Waals surface area contributed by atoms with Crippen LogP contribution < -0.4 is 14.4 Å². The fourth-order valence-corrected chi connectivity index (χ4v) is 3.56. The van der Waals surface area contributed by atoms with Crippen LogP contribution >= 0.6 is 15.9 Å². The number of hydrogen-bond acceptors (Lipinski definition) is 5. The van der Waals surface area contributed by atoms with Crippen LogP contribution in [0.3, 0.4) is 0 Å². The third-order valence-electron chi connectivity index (χ3n) is 4.53. The molecule has 140 valence electrons. The molecule has 6 heteroatoms. The molecule has 1 aliphatic rings. The molecule has 5 nitrogen and oxygen atoms in total. The second kappa shape index (κ2) is 9.26. The Labute approximate surface area is 163 Å². The highest BCUT2D eigenvalue weighted by Crippen LogP contribution is 2.28. The highest BCUT2D eigenvalue weighted by molar-refractivity contribution is 9.10. The second-order valence-corrected chi connectivity index (χ2v) is 7.21.